The number of rotatable bonds is 5. The Morgan fingerprint density at radius 1 is 1.30 bits per heavy atom. The van der Waals surface area contributed by atoms with Crippen molar-refractivity contribution in [3.63, 3.8) is 0 Å². The van der Waals surface area contributed by atoms with Gasteiger partial charge in [-0.25, -0.2) is 0 Å². The maximum Gasteiger partial charge on any atom is 0.124 e. The minimum Gasteiger partial charge on any atom is -0.494 e. The lowest BCUT2D eigenvalue weighted by molar-refractivity contribution is 0.0783. The molecule has 1 saturated heterocycles. The summed E-state index contributed by atoms with van der Waals surface area (Å²) in [4.78, 5) is 2.56. The molecule has 0 aromatic heterocycles. The van der Waals surface area contributed by atoms with Gasteiger partial charge in [0.25, 0.3) is 0 Å². The second kappa shape index (κ2) is 7.09. The molecule has 1 aromatic rings. The maximum absolute atomic E-state index is 6.11. The van der Waals surface area contributed by atoms with Crippen molar-refractivity contribution in [2.24, 2.45) is 11.7 Å². The van der Waals surface area contributed by atoms with Crippen LogP contribution in [0.1, 0.15) is 45.2 Å². The first kappa shape index (κ1) is 15.3. The van der Waals surface area contributed by atoms with Gasteiger partial charge in [0, 0.05) is 24.7 Å². The van der Waals surface area contributed by atoms with Crippen molar-refractivity contribution >= 4 is 0 Å². The van der Waals surface area contributed by atoms with E-state index < -0.39 is 0 Å². The molecule has 0 amide bonds. The molecule has 3 unspecified atom stereocenters. The third-order valence-corrected chi connectivity index (χ3v) is 4.37. The highest BCUT2D eigenvalue weighted by Crippen LogP contribution is 2.34. The number of benzene rings is 1. The standard InChI is InChI=1S/C17H28N2O/c1-4-20-17-8-6-5-7-15(17)16(11-18)19-12-13(2)9-10-14(19)3/h5-8,13-14,16H,4,9-12,18H2,1-3H3. The van der Waals surface area contributed by atoms with Crippen LogP contribution in [0.3, 0.4) is 0 Å². The summed E-state index contributed by atoms with van der Waals surface area (Å²) < 4.78 is 5.79. The van der Waals surface area contributed by atoms with Gasteiger partial charge >= 0.3 is 0 Å². The van der Waals surface area contributed by atoms with Crippen LogP contribution in [0.4, 0.5) is 0 Å². The molecule has 2 N–H and O–H groups in total. The van der Waals surface area contributed by atoms with Crippen LogP contribution in [0.25, 0.3) is 0 Å². The first-order valence-electron chi connectivity index (χ1n) is 7.84. The molecular weight excluding hydrogens is 248 g/mol. The molecule has 1 aliphatic heterocycles. The van der Waals surface area contributed by atoms with E-state index in [9.17, 15) is 0 Å². The summed E-state index contributed by atoms with van der Waals surface area (Å²) in [5, 5.41) is 0. The first-order valence-corrected chi connectivity index (χ1v) is 7.84. The Morgan fingerprint density at radius 3 is 2.75 bits per heavy atom. The van der Waals surface area contributed by atoms with E-state index in [1.165, 1.54) is 18.4 Å². The highest BCUT2D eigenvalue weighted by molar-refractivity contribution is 5.36. The monoisotopic (exact) mass is 276 g/mol. The van der Waals surface area contributed by atoms with Gasteiger partial charge in [-0.15, -0.1) is 0 Å². The van der Waals surface area contributed by atoms with Crippen molar-refractivity contribution in [3.05, 3.63) is 29.8 Å². The van der Waals surface area contributed by atoms with Gasteiger partial charge in [-0.2, -0.15) is 0 Å². The van der Waals surface area contributed by atoms with E-state index >= 15 is 0 Å². The summed E-state index contributed by atoms with van der Waals surface area (Å²) in [5.74, 6) is 1.73. The van der Waals surface area contributed by atoms with Gasteiger partial charge < -0.3 is 10.5 Å². The van der Waals surface area contributed by atoms with Gasteiger partial charge in [-0.1, -0.05) is 25.1 Å². The average molecular weight is 276 g/mol. The highest BCUT2D eigenvalue weighted by Gasteiger charge is 2.30. The zero-order chi connectivity index (χ0) is 14.5. The molecule has 0 bridgehead atoms. The number of hydrogen-bond acceptors (Lipinski definition) is 3. The molecule has 0 aliphatic carbocycles. The molecule has 0 radical (unpaired) electrons. The number of hydrogen-bond donors (Lipinski definition) is 1. The van der Waals surface area contributed by atoms with Crippen LogP contribution in [0.2, 0.25) is 0 Å². The fourth-order valence-electron chi connectivity index (χ4n) is 3.24. The van der Waals surface area contributed by atoms with Crippen LogP contribution in [0, 0.1) is 5.92 Å². The largest absolute Gasteiger partial charge is 0.494 e. The normalized spacial score (nSPS) is 25.4. The Kier molecular flexibility index (Phi) is 5.44. The molecule has 1 aliphatic rings. The Balaban J connectivity index is 2.27. The molecule has 2 rings (SSSR count). The zero-order valence-corrected chi connectivity index (χ0v) is 13.0. The lowest BCUT2D eigenvalue weighted by Crippen LogP contribution is -2.45. The van der Waals surface area contributed by atoms with E-state index in [1.54, 1.807) is 0 Å². The summed E-state index contributed by atoms with van der Waals surface area (Å²) in [6.07, 6.45) is 2.58. The quantitative estimate of drug-likeness (QED) is 0.897. The van der Waals surface area contributed by atoms with Crippen LogP contribution in [0.5, 0.6) is 5.75 Å². The third kappa shape index (κ3) is 3.33. The minimum atomic E-state index is 0.260. The Morgan fingerprint density at radius 2 is 2.05 bits per heavy atom. The molecule has 1 heterocycles. The minimum absolute atomic E-state index is 0.260. The van der Waals surface area contributed by atoms with Crippen LogP contribution in [0.15, 0.2) is 24.3 Å². The Labute approximate surface area is 123 Å². The van der Waals surface area contributed by atoms with Crippen LogP contribution >= 0.6 is 0 Å². The number of nitrogens with two attached hydrogens (primary N) is 1. The average Bonchev–Trinajstić information content (AvgIpc) is 2.45. The number of para-hydroxylation sites is 1. The van der Waals surface area contributed by atoms with Crippen molar-refractivity contribution in [3.8, 4) is 5.75 Å². The summed E-state index contributed by atoms with van der Waals surface area (Å²) in [7, 11) is 0. The predicted octanol–water partition coefficient (Wildman–Crippen LogP) is 3.21. The van der Waals surface area contributed by atoms with E-state index in [-0.39, 0.29) is 6.04 Å². The number of likely N-dealkylation sites (tertiary alicyclic amines) is 1. The molecule has 20 heavy (non-hydrogen) atoms. The second-order valence-corrected chi connectivity index (χ2v) is 5.95. The van der Waals surface area contributed by atoms with Gasteiger partial charge in [0.1, 0.15) is 5.75 Å². The smallest absolute Gasteiger partial charge is 0.124 e. The maximum atomic E-state index is 6.11. The molecule has 3 nitrogen and oxygen atoms in total. The van der Waals surface area contributed by atoms with E-state index in [0.29, 0.717) is 19.2 Å². The summed E-state index contributed by atoms with van der Waals surface area (Å²) in [6.45, 7) is 9.14. The molecule has 1 aromatic carbocycles. The predicted molar refractivity (Wildman–Crippen MR) is 84.0 cm³/mol. The van der Waals surface area contributed by atoms with Crippen molar-refractivity contribution in [2.75, 3.05) is 19.7 Å². The van der Waals surface area contributed by atoms with Gasteiger partial charge in [0.15, 0.2) is 0 Å². The lowest BCUT2D eigenvalue weighted by atomic mass is 9.91. The molecule has 0 spiro atoms. The highest BCUT2D eigenvalue weighted by atomic mass is 16.5. The van der Waals surface area contributed by atoms with Crippen molar-refractivity contribution in [2.45, 2.75) is 45.7 Å². The fraction of sp³-hybridized carbons (Fsp3) is 0.647. The molecule has 0 saturated carbocycles. The molecule has 112 valence electrons. The first-order chi connectivity index (χ1) is 9.67. The zero-order valence-electron chi connectivity index (χ0n) is 13.0. The van der Waals surface area contributed by atoms with E-state index in [2.05, 4.69) is 36.9 Å². The summed E-state index contributed by atoms with van der Waals surface area (Å²) in [5.41, 5.74) is 7.35. The number of nitrogens with zero attached hydrogens (tertiary/aromatic N) is 1. The number of piperidine rings is 1. The van der Waals surface area contributed by atoms with Crippen LogP contribution in [-0.2, 0) is 0 Å². The van der Waals surface area contributed by atoms with E-state index in [0.717, 1.165) is 18.2 Å². The Hall–Kier alpha value is -1.06. The molecule has 3 atom stereocenters. The van der Waals surface area contributed by atoms with Crippen molar-refractivity contribution < 1.29 is 4.74 Å². The third-order valence-electron chi connectivity index (χ3n) is 4.37. The van der Waals surface area contributed by atoms with Crippen molar-refractivity contribution in [1.82, 2.24) is 4.90 Å². The topological polar surface area (TPSA) is 38.5 Å². The van der Waals surface area contributed by atoms with Gasteiger partial charge in [0.05, 0.1) is 12.6 Å². The van der Waals surface area contributed by atoms with Crippen LogP contribution < -0.4 is 10.5 Å². The van der Waals surface area contributed by atoms with Gasteiger partial charge in [-0.05, 0) is 38.7 Å². The number of ether oxygens (including phenoxy) is 1. The van der Waals surface area contributed by atoms with E-state index in [4.69, 9.17) is 10.5 Å². The Bertz CT molecular complexity index is 421. The molecule has 3 heteroatoms. The SMILES string of the molecule is CCOc1ccccc1C(CN)N1CC(C)CCC1C. The molecular formula is C17H28N2O. The van der Waals surface area contributed by atoms with Crippen molar-refractivity contribution in [1.29, 1.82) is 0 Å². The summed E-state index contributed by atoms with van der Waals surface area (Å²) in [6, 6.07) is 9.18. The van der Waals surface area contributed by atoms with Gasteiger partial charge in [-0.3, -0.25) is 4.90 Å². The van der Waals surface area contributed by atoms with E-state index in [1.807, 2.05) is 13.0 Å². The lowest BCUT2D eigenvalue weighted by Gasteiger charge is -2.42. The fourth-order valence-corrected chi connectivity index (χ4v) is 3.24. The second-order valence-electron chi connectivity index (χ2n) is 5.95. The summed E-state index contributed by atoms with van der Waals surface area (Å²) >= 11 is 0. The van der Waals surface area contributed by atoms with Crippen LogP contribution in [-0.4, -0.2) is 30.6 Å². The van der Waals surface area contributed by atoms with Gasteiger partial charge in [0.2, 0.25) is 0 Å². The molecule has 1 fully saturated rings.